The number of halogens is 5. The summed E-state index contributed by atoms with van der Waals surface area (Å²) < 4.78 is 81.9. The van der Waals surface area contributed by atoms with Crippen LogP contribution in [0.4, 0.5) is 17.6 Å². The van der Waals surface area contributed by atoms with E-state index in [-0.39, 0.29) is 30.8 Å². The van der Waals surface area contributed by atoms with Gasteiger partial charge in [0.05, 0.1) is 32.3 Å². The van der Waals surface area contributed by atoms with Crippen molar-refractivity contribution in [2.45, 2.75) is 30.4 Å². The fraction of sp³-hybridized carbons (Fsp3) is 0.647. The first-order valence-corrected chi connectivity index (χ1v) is 9.23. The van der Waals surface area contributed by atoms with Gasteiger partial charge in [0.25, 0.3) is 0 Å². The molecule has 0 aromatic heterocycles. The molecule has 27 heavy (non-hydrogen) atoms. The second-order valence-corrected chi connectivity index (χ2v) is 7.22. The van der Waals surface area contributed by atoms with Crippen molar-refractivity contribution in [3.8, 4) is 0 Å². The van der Waals surface area contributed by atoms with E-state index < -0.39 is 34.6 Å². The molecule has 2 saturated heterocycles. The smallest absolute Gasteiger partial charge is 0.332 e. The fourth-order valence-electron chi connectivity index (χ4n) is 2.97. The van der Waals surface area contributed by atoms with Crippen molar-refractivity contribution in [1.29, 1.82) is 0 Å². The Morgan fingerprint density at radius 2 is 1.59 bits per heavy atom. The van der Waals surface area contributed by atoms with Crippen LogP contribution in [0.2, 0.25) is 0 Å². The van der Waals surface area contributed by atoms with Crippen LogP contribution in [0, 0.1) is 17.6 Å². The quantitative estimate of drug-likeness (QED) is 0.495. The summed E-state index contributed by atoms with van der Waals surface area (Å²) in [7, 11) is 0. The Balaban J connectivity index is 1.58. The van der Waals surface area contributed by atoms with Crippen LogP contribution in [0.1, 0.15) is 24.3 Å². The van der Waals surface area contributed by atoms with Gasteiger partial charge < -0.3 is 23.7 Å². The van der Waals surface area contributed by atoms with Crippen LogP contribution in [-0.4, -0.2) is 45.4 Å². The van der Waals surface area contributed by atoms with Gasteiger partial charge >= 0.3 is 4.83 Å². The maximum Gasteiger partial charge on any atom is 0.332 e. The summed E-state index contributed by atoms with van der Waals surface area (Å²) >= 11 is 1.96. The zero-order chi connectivity index (χ0) is 19.6. The highest BCUT2D eigenvalue weighted by Gasteiger charge is 2.37. The maximum atomic E-state index is 13.9. The summed E-state index contributed by atoms with van der Waals surface area (Å²) in [5.74, 6) is -3.01. The molecule has 0 saturated carbocycles. The Kier molecular flexibility index (Phi) is 6.75. The Morgan fingerprint density at radius 3 is 2.07 bits per heavy atom. The minimum atomic E-state index is -3.81. The topological polar surface area (TPSA) is 46.2 Å². The van der Waals surface area contributed by atoms with Gasteiger partial charge in [-0.1, -0.05) is 0 Å². The standard InChI is InChI=1S/C17H19BrF4O5/c1-2-23-11-7-26-16(27-8-11)10-5-24-15(25-6-10)9-3-12(19)14(13(20)4-9)17(18,21)22/h3-4,10-11,15-16H,2,5-8H2,1H3. The third kappa shape index (κ3) is 4.99. The van der Waals surface area contributed by atoms with Gasteiger partial charge in [-0.3, -0.25) is 0 Å². The molecule has 0 unspecified atom stereocenters. The zero-order valence-electron chi connectivity index (χ0n) is 14.4. The number of hydrogen-bond donors (Lipinski definition) is 0. The van der Waals surface area contributed by atoms with Crippen molar-refractivity contribution in [2.24, 2.45) is 5.92 Å². The molecule has 0 radical (unpaired) electrons. The number of benzene rings is 1. The number of hydrogen-bond acceptors (Lipinski definition) is 5. The molecule has 10 heteroatoms. The molecule has 2 fully saturated rings. The highest BCUT2D eigenvalue weighted by Crippen LogP contribution is 2.39. The van der Waals surface area contributed by atoms with Crippen molar-refractivity contribution in [3.63, 3.8) is 0 Å². The lowest BCUT2D eigenvalue weighted by atomic mass is 10.1. The summed E-state index contributed by atoms with van der Waals surface area (Å²) in [6, 6.07) is 1.55. The van der Waals surface area contributed by atoms with E-state index in [0.717, 1.165) is 12.1 Å². The zero-order valence-corrected chi connectivity index (χ0v) is 16.0. The third-order valence-electron chi connectivity index (χ3n) is 4.22. The molecule has 0 amide bonds. The van der Waals surface area contributed by atoms with Crippen molar-refractivity contribution in [2.75, 3.05) is 33.0 Å². The molecule has 3 rings (SSSR count). The average molecular weight is 459 g/mol. The normalized spacial score (nSPS) is 29.7. The van der Waals surface area contributed by atoms with E-state index in [1.807, 2.05) is 22.9 Å². The molecular weight excluding hydrogens is 440 g/mol. The van der Waals surface area contributed by atoms with E-state index in [0.29, 0.717) is 19.8 Å². The van der Waals surface area contributed by atoms with Crippen LogP contribution in [0.5, 0.6) is 0 Å². The number of alkyl halides is 3. The SMILES string of the molecule is CCOC1COC(C2COC(c3cc(F)c(C(F)(F)Br)c(F)c3)OC2)OC1. The van der Waals surface area contributed by atoms with E-state index in [1.165, 1.54) is 0 Å². The first-order valence-electron chi connectivity index (χ1n) is 8.43. The van der Waals surface area contributed by atoms with Gasteiger partial charge in [-0.05, 0) is 35.0 Å². The lowest BCUT2D eigenvalue weighted by Gasteiger charge is -2.37. The van der Waals surface area contributed by atoms with Crippen molar-refractivity contribution >= 4 is 15.9 Å². The minimum Gasteiger partial charge on any atom is -0.374 e. The Hall–Kier alpha value is -0.780. The van der Waals surface area contributed by atoms with Crippen molar-refractivity contribution < 1.29 is 41.2 Å². The van der Waals surface area contributed by atoms with Crippen LogP contribution in [0.25, 0.3) is 0 Å². The van der Waals surface area contributed by atoms with Crippen LogP contribution >= 0.6 is 15.9 Å². The Labute approximate surface area is 162 Å². The predicted molar refractivity (Wildman–Crippen MR) is 88.4 cm³/mol. The van der Waals surface area contributed by atoms with Gasteiger partial charge in [0, 0.05) is 12.2 Å². The summed E-state index contributed by atoms with van der Waals surface area (Å²) in [4.78, 5) is -3.81. The summed E-state index contributed by atoms with van der Waals surface area (Å²) in [5.41, 5.74) is -1.38. The van der Waals surface area contributed by atoms with Gasteiger partial charge in [0.15, 0.2) is 12.6 Å². The lowest BCUT2D eigenvalue weighted by molar-refractivity contribution is -0.291. The fourth-order valence-corrected chi connectivity index (χ4v) is 3.35. The van der Waals surface area contributed by atoms with Crippen molar-refractivity contribution in [1.82, 2.24) is 0 Å². The van der Waals surface area contributed by atoms with E-state index in [9.17, 15) is 17.6 Å². The summed E-state index contributed by atoms with van der Waals surface area (Å²) in [6.45, 7) is 3.54. The van der Waals surface area contributed by atoms with Gasteiger partial charge in [-0.25, -0.2) is 8.78 Å². The highest BCUT2D eigenvalue weighted by atomic mass is 79.9. The average Bonchev–Trinajstić information content (AvgIpc) is 2.61. The van der Waals surface area contributed by atoms with Gasteiger partial charge in [0.2, 0.25) is 0 Å². The summed E-state index contributed by atoms with van der Waals surface area (Å²) in [6.07, 6.45) is -1.73. The van der Waals surface area contributed by atoms with Crippen LogP contribution < -0.4 is 0 Å². The van der Waals surface area contributed by atoms with Crippen molar-refractivity contribution in [3.05, 3.63) is 34.9 Å². The lowest BCUT2D eigenvalue weighted by Crippen LogP contribution is -2.45. The predicted octanol–water partition coefficient (Wildman–Crippen LogP) is 3.85. The molecule has 0 atom stereocenters. The minimum absolute atomic E-state index is 0.0224. The van der Waals surface area contributed by atoms with Crippen LogP contribution in [0.15, 0.2) is 12.1 Å². The Bertz CT molecular complexity index is 618. The van der Waals surface area contributed by atoms with E-state index >= 15 is 0 Å². The van der Waals surface area contributed by atoms with Gasteiger partial charge in [0.1, 0.15) is 23.3 Å². The molecule has 2 aliphatic heterocycles. The molecule has 0 bridgehead atoms. The third-order valence-corrected chi connectivity index (χ3v) is 4.62. The molecule has 0 N–H and O–H groups in total. The highest BCUT2D eigenvalue weighted by molar-refractivity contribution is 9.09. The van der Waals surface area contributed by atoms with Gasteiger partial charge in [-0.2, -0.15) is 8.78 Å². The number of ether oxygens (including phenoxy) is 5. The second kappa shape index (κ2) is 8.71. The molecule has 1 aromatic carbocycles. The molecule has 2 aliphatic rings. The van der Waals surface area contributed by atoms with Gasteiger partial charge in [-0.15, -0.1) is 0 Å². The van der Waals surface area contributed by atoms with Crippen LogP contribution in [-0.2, 0) is 28.5 Å². The molecule has 0 spiro atoms. The Morgan fingerprint density at radius 1 is 1.04 bits per heavy atom. The molecule has 0 aliphatic carbocycles. The monoisotopic (exact) mass is 458 g/mol. The second-order valence-electron chi connectivity index (χ2n) is 6.23. The maximum absolute atomic E-state index is 13.9. The molecule has 5 nitrogen and oxygen atoms in total. The first-order chi connectivity index (χ1) is 12.8. The largest absolute Gasteiger partial charge is 0.374 e. The van der Waals surface area contributed by atoms with Crippen LogP contribution in [0.3, 0.4) is 0 Å². The summed E-state index contributed by atoms with van der Waals surface area (Å²) in [5, 5.41) is 0. The van der Waals surface area contributed by atoms with E-state index in [4.69, 9.17) is 23.7 Å². The molecule has 152 valence electrons. The molecule has 2 heterocycles. The molecule has 1 aromatic rings. The van der Waals surface area contributed by atoms with E-state index in [2.05, 4.69) is 0 Å². The molecular formula is C17H19BrF4O5. The number of rotatable bonds is 5. The van der Waals surface area contributed by atoms with E-state index in [1.54, 1.807) is 0 Å². The first kappa shape index (κ1) is 20.9.